The molecule has 1 saturated carbocycles. The Labute approximate surface area is 111 Å². The van der Waals surface area contributed by atoms with Gasteiger partial charge in [-0.05, 0) is 50.9 Å². The number of thioether (sulfide) groups is 1. The average Bonchev–Trinajstić information content (AvgIpc) is 2.79. The van der Waals surface area contributed by atoms with Crippen molar-refractivity contribution in [3.8, 4) is 0 Å². The summed E-state index contributed by atoms with van der Waals surface area (Å²) in [5.74, 6) is 1.29. The molecule has 0 spiro atoms. The Morgan fingerprint density at radius 1 is 1.24 bits per heavy atom. The van der Waals surface area contributed by atoms with E-state index >= 15 is 0 Å². The Morgan fingerprint density at radius 2 is 2.12 bits per heavy atom. The number of likely N-dealkylation sites (N-methyl/N-ethyl adjacent to an activating group) is 1. The molecule has 2 nitrogen and oxygen atoms in total. The first-order chi connectivity index (χ1) is 8.33. The third kappa shape index (κ3) is 3.87. The minimum absolute atomic E-state index is 0.756. The van der Waals surface area contributed by atoms with Crippen molar-refractivity contribution in [3.05, 3.63) is 0 Å². The van der Waals surface area contributed by atoms with Crippen LogP contribution in [0.5, 0.6) is 0 Å². The molecule has 1 N–H and O–H groups in total. The summed E-state index contributed by atoms with van der Waals surface area (Å²) >= 11 is 2.18. The molecule has 0 amide bonds. The summed E-state index contributed by atoms with van der Waals surface area (Å²) in [6.45, 7) is 8.28. The smallest absolute Gasteiger partial charge is 0.0195 e. The number of hydrogen-bond donors (Lipinski definition) is 1. The van der Waals surface area contributed by atoms with Gasteiger partial charge in [0.15, 0.2) is 0 Å². The van der Waals surface area contributed by atoms with Gasteiger partial charge in [0.1, 0.15) is 0 Å². The van der Waals surface area contributed by atoms with E-state index in [0.717, 1.165) is 23.9 Å². The number of hydrogen-bond acceptors (Lipinski definition) is 3. The van der Waals surface area contributed by atoms with Crippen LogP contribution >= 0.6 is 11.8 Å². The number of piperidine rings is 1. The van der Waals surface area contributed by atoms with Crippen molar-refractivity contribution in [2.75, 3.05) is 25.4 Å². The molecule has 0 aromatic rings. The van der Waals surface area contributed by atoms with Crippen molar-refractivity contribution < 1.29 is 0 Å². The highest BCUT2D eigenvalue weighted by Gasteiger charge is 2.31. The van der Waals surface area contributed by atoms with Crippen LogP contribution in [0.4, 0.5) is 0 Å². The Morgan fingerprint density at radius 3 is 2.88 bits per heavy atom. The molecule has 0 aromatic carbocycles. The van der Waals surface area contributed by atoms with Gasteiger partial charge in [0.2, 0.25) is 0 Å². The van der Waals surface area contributed by atoms with Gasteiger partial charge >= 0.3 is 0 Å². The molecule has 0 aromatic heterocycles. The first kappa shape index (κ1) is 13.7. The molecule has 3 atom stereocenters. The van der Waals surface area contributed by atoms with Crippen molar-refractivity contribution in [3.63, 3.8) is 0 Å². The maximum Gasteiger partial charge on any atom is 0.0195 e. The van der Waals surface area contributed by atoms with E-state index in [0.29, 0.717) is 0 Å². The molecule has 0 bridgehead atoms. The lowest BCUT2D eigenvalue weighted by Gasteiger charge is -2.37. The molecule has 1 saturated heterocycles. The van der Waals surface area contributed by atoms with Gasteiger partial charge in [0, 0.05) is 23.9 Å². The van der Waals surface area contributed by atoms with Gasteiger partial charge in [-0.3, -0.25) is 4.90 Å². The second-order valence-electron chi connectivity index (χ2n) is 5.44. The lowest BCUT2D eigenvalue weighted by Crippen LogP contribution is -2.49. The second-order valence-corrected chi connectivity index (χ2v) is 7.01. The summed E-state index contributed by atoms with van der Waals surface area (Å²) in [4.78, 5) is 2.77. The van der Waals surface area contributed by atoms with Crippen LogP contribution < -0.4 is 5.32 Å². The van der Waals surface area contributed by atoms with Crippen molar-refractivity contribution in [1.82, 2.24) is 10.2 Å². The summed E-state index contributed by atoms with van der Waals surface area (Å²) in [7, 11) is 0. The summed E-state index contributed by atoms with van der Waals surface area (Å²) < 4.78 is 0. The van der Waals surface area contributed by atoms with Gasteiger partial charge in [-0.15, -0.1) is 0 Å². The standard InChI is InChI=1S/C14H28N2S/c1-3-15-12-6-5-9-16(11-12)13-7-8-14(10-13)17-4-2/h12-15H,3-11H2,1-2H3. The Bertz CT molecular complexity index is 220. The van der Waals surface area contributed by atoms with Crippen LogP contribution in [0, 0.1) is 0 Å². The fourth-order valence-electron chi connectivity index (χ4n) is 3.43. The lowest BCUT2D eigenvalue weighted by molar-refractivity contribution is 0.139. The first-order valence-electron chi connectivity index (χ1n) is 7.42. The zero-order valence-corrected chi connectivity index (χ0v) is 12.3. The van der Waals surface area contributed by atoms with E-state index in [1.165, 1.54) is 50.9 Å². The molecule has 3 heteroatoms. The Balaban J connectivity index is 1.78. The topological polar surface area (TPSA) is 15.3 Å². The van der Waals surface area contributed by atoms with Crippen LogP contribution in [0.2, 0.25) is 0 Å². The minimum atomic E-state index is 0.756. The van der Waals surface area contributed by atoms with E-state index in [4.69, 9.17) is 0 Å². The lowest BCUT2D eigenvalue weighted by atomic mass is 10.0. The molecule has 2 aliphatic rings. The van der Waals surface area contributed by atoms with E-state index < -0.39 is 0 Å². The zero-order valence-electron chi connectivity index (χ0n) is 11.5. The normalized spacial score (nSPS) is 35.3. The molecule has 1 aliphatic heterocycles. The molecule has 0 radical (unpaired) electrons. The van der Waals surface area contributed by atoms with Gasteiger partial charge in [0.05, 0.1) is 0 Å². The van der Waals surface area contributed by atoms with Crippen LogP contribution in [-0.4, -0.2) is 47.6 Å². The molecule has 3 unspecified atom stereocenters. The first-order valence-corrected chi connectivity index (χ1v) is 8.47. The third-order valence-electron chi connectivity index (χ3n) is 4.22. The molecule has 17 heavy (non-hydrogen) atoms. The van der Waals surface area contributed by atoms with E-state index in [9.17, 15) is 0 Å². The summed E-state index contributed by atoms with van der Waals surface area (Å²) in [5, 5.41) is 4.58. The Hall–Kier alpha value is 0.270. The summed E-state index contributed by atoms with van der Waals surface area (Å²) in [6, 6.07) is 1.65. The summed E-state index contributed by atoms with van der Waals surface area (Å²) in [5.41, 5.74) is 0. The molecular formula is C14H28N2S. The predicted molar refractivity (Wildman–Crippen MR) is 77.8 cm³/mol. The van der Waals surface area contributed by atoms with Crippen molar-refractivity contribution in [2.45, 2.75) is 63.3 Å². The molecular weight excluding hydrogens is 228 g/mol. The maximum atomic E-state index is 3.63. The van der Waals surface area contributed by atoms with Gasteiger partial charge in [-0.1, -0.05) is 13.8 Å². The van der Waals surface area contributed by atoms with Gasteiger partial charge in [-0.25, -0.2) is 0 Å². The molecule has 1 aliphatic carbocycles. The van der Waals surface area contributed by atoms with Crippen molar-refractivity contribution in [1.29, 1.82) is 0 Å². The highest BCUT2D eigenvalue weighted by molar-refractivity contribution is 7.99. The minimum Gasteiger partial charge on any atom is -0.313 e. The molecule has 2 fully saturated rings. The van der Waals surface area contributed by atoms with Crippen LogP contribution in [0.15, 0.2) is 0 Å². The van der Waals surface area contributed by atoms with E-state index in [2.05, 4.69) is 35.8 Å². The third-order valence-corrected chi connectivity index (χ3v) is 5.45. The van der Waals surface area contributed by atoms with Gasteiger partial charge < -0.3 is 5.32 Å². The van der Waals surface area contributed by atoms with Gasteiger partial charge in [-0.2, -0.15) is 11.8 Å². The average molecular weight is 256 g/mol. The van der Waals surface area contributed by atoms with Crippen molar-refractivity contribution in [2.24, 2.45) is 0 Å². The largest absolute Gasteiger partial charge is 0.313 e. The zero-order chi connectivity index (χ0) is 12.1. The maximum absolute atomic E-state index is 3.63. The summed E-state index contributed by atoms with van der Waals surface area (Å²) in [6.07, 6.45) is 7.10. The predicted octanol–water partition coefficient (Wildman–Crippen LogP) is 2.73. The highest BCUT2D eigenvalue weighted by atomic mass is 32.2. The second kappa shape index (κ2) is 7.01. The quantitative estimate of drug-likeness (QED) is 0.814. The number of likely N-dealkylation sites (tertiary alicyclic amines) is 1. The fraction of sp³-hybridized carbons (Fsp3) is 1.00. The van der Waals surface area contributed by atoms with Crippen LogP contribution in [0.25, 0.3) is 0 Å². The number of rotatable bonds is 5. The van der Waals surface area contributed by atoms with Crippen molar-refractivity contribution >= 4 is 11.8 Å². The van der Waals surface area contributed by atoms with Crippen LogP contribution in [-0.2, 0) is 0 Å². The van der Waals surface area contributed by atoms with Crippen LogP contribution in [0.1, 0.15) is 46.0 Å². The van der Waals surface area contributed by atoms with Gasteiger partial charge in [0.25, 0.3) is 0 Å². The Kier molecular flexibility index (Phi) is 5.64. The van der Waals surface area contributed by atoms with E-state index in [-0.39, 0.29) is 0 Å². The molecule has 100 valence electrons. The van der Waals surface area contributed by atoms with E-state index in [1.54, 1.807) is 0 Å². The fourth-order valence-corrected chi connectivity index (χ4v) is 4.56. The van der Waals surface area contributed by atoms with Crippen LogP contribution in [0.3, 0.4) is 0 Å². The SMILES string of the molecule is CCNC1CCCN(C2CCC(SCC)C2)C1. The number of nitrogens with one attached hydrogen (secondary N) is 1. The number of nitrogens with zero attached hydrogens (tertiary/aromatic N) is 1. The highest BCUT2D eigenvalue weighted by Crippen LogP contribution is 2.33. The monoisotopic (exact) mass is 256 g/mol. The molecule has 1 heterocycles. The van der Waals surface area contributed by atoms with E-state index in [1.807, 2.05) is 0 Å². The molecule has 2 rings (SSSR count).